The molecule has 4 heteroatoms. The molecule has 0 spiro atoms. The van der Waals surface area contributed by atoms with Crippen molar-refractivity contribution in [2.45, 2.75) is 64.1 Å². The molecule has 1 atom stereocenters. The maximum absolute atomic E-state index is 4.99. The first-order valence-corrected chi connectivity index (χ1v) is 8.34. The Morgan fingerprint density at radius 1 is 1.19 bits per heavy atom. The molecule has 1 saturated carbocycles. The number of fused-ring (bicyclic) bond motifs is 1. The van der Waals surface area contributed by atoms with Crippen LogP contribution < -0.4 is 0 Å². The van der Waals surface area contributed by atoms with Crippen LogP contribution in [-0.4, -0.2) is 32.0 Å². The van der Waals surface area contributed by atoms with E-state index in [0.29, 0.717) is 18.1 Å². The van der Waals surface area contributed by atoms with Gasteiger partial charge in [0.05, 0.1) is 6.04 Å². The van der Waals surface area contributed by atoms with E-state index in [1.54, 1.807) is 0 Å². The van der Waals surface area contributed by atoms with Crippen molar-refractivity contribution in [1.82, 2.24) is 19.4 Å². The summed E-state index contributed by atoms with van der Waals surface area (Å²) in [6.45, 7) is 5.81. The highest BCUT2D eigenvalue weighted by atomic mass is 15.3. The molecule has 0 amide bonds. The van der Waals surface area contributed by atoms with E-state index in [-0.39, 0.29) is 0 Å². The molecule has 0 bridgehead atoms. The number of hydrogen-bond donors (Lipinski definition) is 0. The highest BCUT2D eigenvalue weighted by molar-refractivity contribution is 5.71. The van der Waals surface area contributed by atoms with E-state index in [0.717, 1.165) is 11.2 Å². The third-order valence-electron chi connectivity index (χ3n) is 4.89. The molecule has 4 nitrogen and oxygen atoms in total. The van der Waals surface area contributed by atoms with Crippen LogP contribution in [0.5, 0.6) is 0 Å². The van der Waals surface area contributed by atoms with Gasteiger partial charge in [0.15, 0.2) is 5.65 Å². The molecule has 21 heavy (non-hydrogen) atoms. The second-order valence-corrected chi connectivity index (χ2v) is 6.76. The Hall–Kier alpha value is -1.42. The van der Waals surface area contributed by atoms with Crippen LogP contribution in [0.1, 0.15) is 63.9 Å². The normalized spacial score (nSPS) is 24.0. The predicted molar refractivity (Wildman–Crippen MR) is 84.2 cm³/mol. The van der Waals surface area contributed by atoms with Crippen LogP contribution in [0.4, 0.5) is 0 Å². The van der Waals surface area contributed by atoms with Gasteiger partial charge >= 0.3 is 0 Å². The zero-order valence-electron chi connectivity index (χ0n) is 13.0. The van der Waals surface area contributed by atoms with Crippen molar-refractivity contribution >= 4 is 11.2 Å². The second-order valence-electron chi connectivity index (χ2n) is 6.76. The molecular formula is C17H24N4. The molecule has 2 aromatic heterocycles. The Morgan fingerprint density at radius 2 is 2.05 bits per heavy atom. The minimum Gasteiger partial charge on any atom is -0.308 e. The lowest BCUT2D eigenvalue weighted by atomic mass is 9.99. The number of aromatic nitrogens is 3. The van der Waals surface area contributed by atoms with Gasteiger partial charge in [0, 0.05) is 18.3 Å². The first-order valence-electron chi connectivity index (χ1n) is 8.34. The lowest BCUT2D eigenvalue weighted by Crippen LogP contribution is -2.39. The number of rotatable bonds is 3. The summed E-state index contributed by atoms with van der Waals surface area (Å²) in [6.07, 6.45) is 8.32. The van der Waals surface area contributed by atoms with Crippen LogP contribution in [0.3, 0.4) is 0 Å². The molecule has 3 heterocycles. The monoisotopic (exact) mass is 284 g/mol. The molecule has 0 aromatic carbocycles. The van der Waals surface area contributed by atoms with Crippen molar-refractivity contribution in [2.24, 2.45) is 0 Å². The van der Waals surface area contributed by atoms with Gasteiger partial charge in [-0.3, -0.25) is 4.90 Å². The van der Waals surface area contributed by atoms with Gasteiger partial charge in [-0.2, -0.15) is 0 Å². The van der Waals surface area contributed by atoms with Crippen molar-refractivity contribution in [2.75, 3.05) is 6.54 Å². The van der Waals surface area contributed by atoms with E-state index in [1.165, 1.54) is 44.5 Å². The maximum atomic E-state index is 4.99. The Morgan fingerprint density at radius 3 is 2.81 bits per heavy atom. The Kier molecular flexibility index (Phi) is 3.21. The van der Waals surface area contributed by atoms with Gasteiger partial charge in [-0.25, -0.2) is 9.97 Å². The molecule has 0 N–H and O–H groups in total. The Bertz CT molecular complexity index is 641. The average molecular weight is 284 g/mol. The molecular weight excluding hydrogens is 260 g/mol. The van der Waals surface area contributed by atoms with Crippen molar-refractivity contribution in [3.63, 3.8) is 0 Å². The number of likely N-dealkylation sites (tertiary alicyclic amines) is 1. The minimum absolute atomic E-state index is 0.466. The average Bonchev–Trinajstić information content (AvgIpc) is 3.27. The third kappa shape index (κ3) is 2.26. The fourth-order valence-corrected chi connectivity index (χ4v) is 3.72. The van der Waals surface area contributed by atoms with Gasteiger partial charge in [-0.1, -0.05) is 6.42 Å². The number of piperidine rings is 1. The van der Waals surface area contributed by atoms with Crippen LogP contribution in [-0.2, 0) is 0 Å². The van der Waals surface area contributed by atoms with Crippen molar-refractivity contribution < 1.29 is 0 Å². The fraction of sp³-hybridized carbons (Fsp3) is 0.647. The van der Waals surface area contributed by atoms with Gasteiger partial charge in [-0.15, -0.1) is 0 Å². The molecule has 2 fully saturated rings. The Balaban J connectivity index is 1.82. The summed E-state index contributed by atoms with van der Waals surface area (Å²) < 4.78 is 2.45. The number of hydrogen-bond acceptors (Lipinski definition) is 3. The van der Waals surface area contributed by atoms with Crippen LogP contribution in [0, 0.1) is 0 Å². The summed E-state index contributed by atoms with van der Waals surface area (Å²) in [5.74, 6) is 1.26. The summed E-state index contributed by atoms with van der Waals surface area (Å²) in [4.78, 5) is 12.2. The largest absolute Gasteiger partial charge is 0.308 e. The number of pyridine rings is 1. The van der Waals surface area contributed by atoms with Gasteiger partial charge < -0.3 is 4.57 Å². The van der Waals surface area contributed by atoms with E-state index >= 15 is 0 Å². The molecule has 2 aromatic rings. The van der Waals surface area contributed by atoms with E-state index < -0.39 is 0 Å². The van der Waals surface area contributed by atoms with Crippen molar-refractivity contribution in [3.05, 3.63) is 24.2 Å². The lowest BCUT2D eigenvalue weighted by molar-refractivity contribution is 0.104. The first-order chi connectivity index (χ1) is 10.3. The first kappa shape index (κ1) is 13.3. The van der Waals surface area contributed by atoms with Crippen molar-refractivity contribution in [1.29, 1.82) is 0 Å². The lowest BCUT2D eigenvalue weighted by Gasteiger charge is -2.38. The summed E-state index contributed by atoms with van der Waals surface area (Å²) in [7, 11) is 0. The van der Waals surface area contributed by atoms with Crippen molar-refractivity contribution in [3.8, 4) is 0 Å². The Labute approximate surface area is 126 Å². The SMILES string of the molecule is CC(C)N1CCCCC1c1nc2cccnc2n1C1CC1. The molecule has 2 aliphatic rings. The standard InChI is InChI=1S/C17H24N4/c1-12(2)20-11-4-3-7-15(20)17-19-14-6-5-10-18-16(14)21(17)13-8-9-13/h5-6,10,12-13,15H,3-4,7-9,11H2,1-2H3. The number of nitrogens with zero attached hydrogens (tertiary/aromatic N) is 4. The van der Waals surface area contributed by atoms with Crippen LogP contribution >= 0.6 is 0 Å². The molecule has 1 aliphatic heterocycles. The van der Waals surface area contributed by atoms with E-state index in [9.17, 15) is 0 Å². The summed E-state index contributed by atoms with van der Waals surface area (Å²) in [5, 5.41) is 0. The third-order valence-corrected chi connectivity index (χ3v) is 4.89. The molecule has 1 unspecified atom stereocenters. The van der Waals surface area contributed by atoms with Gasteiger partial charge in [0.1, 0.15) is 11.3 Å². The van der Waals surface area contributed by atoms with Gasteiger partial charge in [0.2, 0.25) is 0 Å². The summed E-state index contributed by atoms with van der Waals surface area (Å²) in [5.41, 5.74) is 2.15. The van der Waals surface area contributed by atoms with Gasteiger partial charge in [-0.05, 0) is 58.2 Å². The van der Waals surface area contributed by atoms with Crippen LogP contribution in [0.2, 0.25) is 0 Å². The summed E-state index contributed by atoms with van der Waals surface area (Å²) >= 11 is 0. The summed E-state index contributed by atoms with van der Waals surface area (Å²) in [6, 6.07) is 5.78. The smallest absolute Gasteiger partial charge is 0.160 e. The predicted octanol–water partition coefficient (Wildman–Crippen LogP) is 3.70. The maximum Gasteiger partial charge on any atom is 0.160 e. The highest BCUT2D eigenvalue weighted by Gasteiger charge is 2.35. The molecule has 4 rings (SSSR count). The zero-order chi connectivity index (χ0) is 14.4. The molecule has 0 radical (unpaired) electrons. The number of imidazole rings is 1. The van der Waals surface area contributed by atoms with E-state index in [1.807, 2.05) is 12.3 Å². The fourth-order valence-electron chi connectivity index (χ4n) is 3.72. The quantitative estimate of drug-likeness (QED) is 0.861. The highest BCUT2D eigenvalue weighted by Crippen LogP contribution is 2.42. The van der Waals surface area contributed by atoms with Crippen LogP contribution in [0.15, 0.2) is 18.3 Å². The van der Waals surface area contributed by atoms with E-state index in [4.69, 9.17) is 4.98 Å². The van der Waals surface area contributed by atoms with Crippen LogP contribution in [0.25, 0.3) is 11.2 Å². The zero-order valence-corrected chi connectivity index (χ0v) is 13.0. The van der Waals surface area contributed by atoms with E-state index in [2.05, 4.69) is 34.4 Å². The molecule has 1 aliphatic carbocycles. The molecule has 1 saturated heterocycles. The second kappa shape index (κ2) is 5.09. The molecule has 112 valence electrons. The minimum atomic E-state index is 0.466. The topological polar surface area (TPSA) is 34.0 Å². The van der Waals surface area contributed by atoms with Gasteiger partial charge in [0.25, 0.3) is 0 Å².